The first-order valence-corrected chi connectivity index (χ1v) is 6.03. The van der Waals surface area contributed by atoms with E-state index in [0.29, 0.717) is 18.6 Å². The SMILES string of the molecule is COC1=CC(=O)CCC1(OC)c1ccc(C)cc1. The van der Waals surface area contributed by atoms with Crippen molar-refractivity contribution in [1.82, 2.24) is 0 Å². The van der Waals surface area contributed by atoms with Gasteiger partial charge in [0.1, 0.15) is 11.4 Å². The predicted molar refractivity (Wildman–Crippen MR) is 69.2 cm³/mol. The van der Waals surface area contributed by atoms with Gasteiger partial charge in [0.05, 0.1) is 7.11 Å². The molecule has 0 N–H and O–H groups in total. The molecule has 1 aliphatic rings. The summed E-state index contributed by atoms with van der Waals surface area (Å²) in [5.74, 6) is 0.678. The number of rotatable bonds is 3. The molecular weight excluding hydrogens is 228 g/mol. The molecule has 1 unspecified atom stereocenters. The minimum atomic E-state index is -0.629. The topological polar surface area (TPSA) is 35.5 Å². The van der Waals surface area contributed by atoms with Gasteiger partial charge in [-0.2, -0.15) is 0 Å². The Morgan fingerprint density at radius 2 is 1.83 bits per heavy atom. The number of carbonyl (C=O) groups excluding carboxylic acids is 1. The highest BCUT2D eigenvalue weighted by Crippen LogP contribution is 2.40. The van der Waals surface area contributed by atoms with E-state index in [0.717, 1.165) is 5.56 Å². The number of ketones is 1. The minimum absolute atomic E-state index is 0.0895. The summed E-state index contributed by atoms with van der Waals surface area (Å²) in [7, 11) is 3.23. The fourth-order valence-electron chi connectivity index (χ4n) is 2.41. The second kappa shape index (κ2) is 4.94. The molecular formula is C15H18O3. The molecule has 0 radical (unpaired) electrons. The van der Waals surface area contributed by atoms with Crippen LogP contribution in [0.1, 0.15) is 24.0 Å². The number of ether oxygens (including phenoxy) is 2. The van der Waals surface area contributed by atoms with Crippen LogP contribution in [0.2, 0.25) is 0 Å². The van der Waals surface area contributed by atoms with Crippen molar-refractivity contribution in [2.45, 2.75) is 25.4 Å². The summed E-state index contributed by atoms with van der Waals surface area (Å²) in [5.41, 5.74) is 1.59. The number of hydrogen-bond acceptors (Lipinski definition) is 3. The summed E-state index contributed by atoms with van der Waals surface area (Å²) in [5, 5.41) is 0. The normalized spacial score (nSPS) is 23.7. The van der Waals surface area contributed by atoms with Gasteiger partial charge in [-0.15, -0.1) is 0 Å². The Kier molecular flexibility index (Phi) is 3.53. The molecule has 0 saturated carbocycles. The van der Waals surface area contributed by atoms with Gasteiger partial charge in [0.15, 0.2) is 5.78 Å². The number of allylic oxidation sites excluding steroid dienone is 1. The summed E-state index contributed by atoms with van der Waals surface area (Å²) in [6.07, 6.45) is 2.65. The van der Waals surface area contributed by atoms with Gasteiger partial charge in [-0.3, -0.25) is 4.79 Å². The number of carbonyl (C=O) groups is 1. The van der Waals surface area contributed by atoms with Crippen molar-refractivity contribution in [3.63, 3.8) is 0 Å². The van der Waals surface area contributed by atoms with Crippen LogP contribution in [0.25, 0.3) is 0 Å². The summed E-state index contributed by atoms with van der Waals surface area (Å²) in [4.78, 5) is 11.5. The predicted octanol–water partition coefficient (Wildman–Crippen LogP) is 2.73. The molecule has 2 rings (SSSR count). The van der Waals surface area contributed by atoms with E-state index in [1.165, 1.54) is 5.56 Å². The van der Waals surface area contributed by atoms with E-state index < -0.39 is 5.60 Å². The summed E-state index contributed by atoms with van der Waals surface area (Å²) >= 11 is 0. The van der Waals surface area contributed by atoms with Crippen molar-refractivity contribution in [3.05, 3.63) is 47.2 Å². The Morgan fingerprint density at radius 1 is 1.17 bits per heavy atom. The molecule has 0 saturated heterocycles. The zero-order valence-electron chi connectivity index (χ0n) is 11.0. The molecule has 0 heterocycles. The zero-order valence-corrected chi connectivity index (χ0v) is 11.0. The fraction of sp³-hybridized carbons (Fsp3) is 0.400. The van der Waals surface area contributed by atoms with Crippen LogP contribution in [-0.2, 0) is 19.9 Å². The van der Waals surface area contributed by atoms with Crippen LogP contribution in [0.15, 0.2) is 36.1 Å². The molecule has 0 aromatic heterocycles. The lowest BCUT2D eigenvalue weighted by Gasteiger charge is -2.36. The minimum Gasteiger partial charge on any atom is -0.498 e. The maximum absolute atomic E-state index is 11.5. The maximum Gasteiger partial charge on any atom is 0.159 e. The van der Waals surface area contributed by atoms with Crippen molar-refractivity contribution in [1.29, 1.82) is 0 Å². The lowest BCUT2D eigenvalue weighted by atomic mass is 9.82. The monoisotopic (exact) mass is 246 g/mol. The Bertz CT molecular complexity index is 473. The lowest BCUT2D eigenvalue weighted by molar-refractivity contribution is -0.119. The number of benzene rings is 1. The largest absolute Gasteiger partial charge is 0.498 e. The van der Waals surface area contributed by atoms with Gasteiger partial charge >= 0.3 is 0 Å². The van der Waals surface area contributed by atoms with Crippen molar-refractivity contribution < 1.29 is 14.3 Å². The third-order valence-electron chi connectivity index (χ3n) is 3.50. The molecule has 96 valence electrons. The van der Waals surface area contributed by atoms with E-state index >= 15 is 0 Å². The van der Waals surface area contributed by atoms with Gasteiger partial charge in [0, 0.05) is 19.6 Å². The first-order valence-electron chi connectivity index (χ1n) is 6.03. The van der Waals surface area contributed by atoms with Crippen molar-refractivity contribution in [3.8, 4) is 0 Å². The molecule has 3 nitrogen and oxygen atoms in total. The van der Waals surface area contributed by atoms with Crippen molar-refractivity contribution in [2.75, 3.05) is 14.2 Å². The van der Waals surface area contributed by atoms with Crippen LogP contribution in [0.5, 0.6) is 0 Å². The third kappa shape index (κ3) is 2.06. The van der Waals surface area contributed by atoms with Crippen LogP contribution < -0.4 is 0 Å². The molecule has 1 aliphatic carbocycles. The summed E-state index contributed by atoms with van der Waals surface area (Å²) < 4.78 is 11.1. The smallest absolute Gasteiger partial charge is 0.159 e. The van der Waals surface area contributed by atoms with Crippen LogP contribution in [0.3, 0.4) is 0 Å². The Balaban J connectivity index is 2.50. The van der Waals surface area contributed by atoms with E-state index in [1.807, 2.05) is 31.2 Å². The third-order valence-corrected chi connectivity index (χ3v) is 3.50. The van der Waals surface area contributed by atoms with Gasteiger partial charge < -0.3 is 9.47 Å². The van der Waals surface area contributed by atoms with E-state index in [9.17, 15) is 4.79 Å². The molecule has 1 aromatic rings. The van der Waals surface area contributed by atoms with Crippen LogP contribution in [0, 0.1) is 6.92 Å². The molecule has 0 bridgehead atoms. The van der Waals surface area contributed by atoms with Crippen LogP contribution in [-0.4, -0.2) is 20.0 Å². The molecule has 0 spiro atoms. The average Bonchev–Trinajstić information content (AvgIpc) is 2.40. The van der Waals surface area contributed by atoms with E-state index in [2.05, 4.69) is 0 Å². The fourth-order valence-corrected chi connectivity index (χ4v) is 2.41. The second-order valence-corrected chi connectivity index (χ2v) is 4.58. The first-order chi connectivity index (χ1) is 8.62. The van der Waals surface area contributed by atoms with Crippen molar-refractivity contribution in [2.24, 2.45) is 0 Å². The molecule has 0 fully saturated rings. The molecule has 0 aliphatic heterocycles. The highest BCUT2D eigenvalue weighted by molar-refractivity contribution is 5.91. The standard InChI is InChI=1S/C15H18O3/c1-11-4-6-12(7-5-11)15(18-3)9-8-13(16)10-14(15)17-2/h4-7,10H,8-9H2,1-3H3. The summed E-state index contributed by atoms with van der Waals surface area (Å²) in [6.45, 7) is 2.04. The van der Waals surface area contributed by atoms with Gasteiger partial charge in [0.25, 0.3) is 0 Å². The highest BCUT2D eigenvalue weighted by Gasteiger charge is 2.41. The van der Waals surface area contributed by atoms with Gasteiger partial charge in [-0.25, -0.2) is 0 Å². The average molecular weight is 246 g/mol. The van der Waals surface area contributed by atoms with E-state index in [4.69, 9.17) is 9.47 Å². The summed E-state index contributed by atoms with van der Waals surface area (Å²) in [6, 6.07) is 8.14. The Hall–Kier alpha value is -1.61. The number of aryl methyl sites for hydroxylation is 1. The van der Waals surface area contributed by atoms with Crippen LogP contribution >= 0.6 is 0 Å². The lowest BCUT2D eigenvalue weighted by Crippen LogP contribution is -2.35. The zero-order chi connectivity index (χ0) is 13.2. The molecule has 1 atom stereocenters. The number of methoxy groups -OCH3 is 2. The number of hydrogen-bond donors (Lipinski definition) is 0. The quantitative estimate of drug-likeness (QED) is 0.822. The van der Waals surface area contributed by atoms with Crippen molar-refractivity contribution >= 4 is 5.78 Å². The molecule has 18 heavy (non-hydrogen) atoms. The Morgan fingerprint density at radius 3 is 2.39 bits per heavy atom. The first kappa shape index (κ1) is 12.8. The molecule has 1 aromatic carbocycles. The maximum atomic E-state index is 11.5. The van der Waals surface area contributed by atoms with Gasteiger partial charge in [-0.05, 0) is 18.9 Å². The van der Waals surface area contributed by atoms with Crippen LogP contribution in [0.4, 0.5) is 0 Å². The van der Waals surface area contributed by atoms with Gasteiger partial charge in [-0.1, -0.05) is 29.8 Å². The van der Waals surface area contributed by atoms with Gasteiger partial charge in [0.2, 0.25) is 0 Å². The second-order valence-electron chi connectivity index (χ2n) is 4.58. The van der Waals surface area contributed by atoms with E-state index in [1.54, 1.807) is 20.3 Å². The highest BCUT2D eigenvalue weighted by atomic mass is 16.5. The Labute approximate surface area is 107 Å². The molecule has 0 amide bonds. The molecule has 3 heteroatoms. The van der Waals surface area contributed by atoms with E-state index in [-0.39, 0.29) is 5.78 Å².